The summed E-state index contributed by atoms with van der Waals surface area (Å²) in [7, 11) is 0. The largest absolute Gasteiger partial charge is 0.350 e. The Bertz CT molecular complexity index is 836. The zero-order valence-electron chi connectivity index (χ0n) is 15.3. The van der Waals surface area contributed by atoms with Gasteiger partial charge in [0, 0.05) is 23.0 Å². The maximum Gasteiger partial charge on any atom is 0.224 e. The van der Waals surface area contributed by atoms with E-state index < -0.39 is 0 Å². The maximum absolute atomic E-state index is 13.0. The smallest absolute Gasteiger partial charge is 0.224 e. The van der Waals surface area contributed by atoms with Crippen LogP contribution in [0.25, 0.3) is 0 Å². The highest BCUT2D eigenvalue weighted by molar-refractivity contribution is 5.82. The van der Waals surface area contributed by atoms with E-state index in [4.69, 9.17) is 0 Å². The van der Waals surface area contributed by atoms with Crippen molar-refractivity contribution in [1.82, 2.24) is 20.1 Å². The molecule has 4 saturated carbocycles. The monoisotopic (exact) mass is 350 g/mol. The van der Waals surface area contributed by atoms with Crippen LogP contribution < -0.4 is 5.32 Å². The summed E-state index contributed by atoms with van der Waals surface area (Å²) in [5, 5.41) is 7.79. The number of pyridine rings is 1. The Morgan fingerprint density at radius 1 is 1.31 bits per heavy atom. The number of rotatable bonds is 5. The molecule has 5 heteroatoms. The number of nitrogens with one attached hydrogen (secondary N) is 1. The molecule has 5 nitrogen and oxygen atoms in total. The molecule has 0 saturated heterocycles. The van der Waals surface area contributed by atoms with Gasteiger partial charge in [-0.3, -0.25) is 14.5 Å². The fourth-order valence-corrected chi connectivity index (χ4v) is 5.45. The van der Waals surface area contributed by atoms with Crippen LogP contribution in [0.1, 0.15) is 61.6 Å². The molecule has 3 unspecified atom stereocenters. The van der Waals surface area contributed by atoms with Crippen molar-refractivity contribution in [3.8, 4) is 0 Å². The van der Waals surface area contributed by atoms with Gasteiger partial charge in [0.15, 0.2) is 0 Å². The minimum Gasteiger partial charge on any atom is -0.350 e. The van der Waals surface area contributed by atoms with Crippen molar-refractivity contribution in [3.63, 3.8) is 0 Å². The van der Waals surface area contributed by atoms with Crippen molar-refractivity contribution in [2.75, 3.05) is 0 Å². The molecule has 2 aromatic heterocycles. The average Bonchev–Trinajstić information content (AvgIpc) is 3.25. The first kappa shape index (κ1) is 16.0. The van der Waals surface area contributed by atoms with E-state index in [2.05, 4.69) is 26.1 Å². The molecule has 1 N–H and O–H groups in total. The molecule has 0 radical (unpaired) electrons. The van der Waals surface area contributed by atoms with Crippen LogP contribution in [0.2, 0.25) is 0 Å². The first-order chi connectivity index (χ1) is 12.7. The SMILES string of the molecule is Cc1cccc(CNC(=O)C2C3CCC2(c2ccnn2C2CCC2)C3)n1. The number of amides is 1. The Morgan fingerprint density at radius 2 is 2.19 bits per heavy atom. The number of aromatic nitrogens is 3. The molecule has 3 atom stereocenters. The summed E-state index contributed by atoms with van der Waals surface area (Å²) in [5.41, 5.74) is 3.24. The lowest BCUT2D eigenvalue weighted by Crippen LogP contribution is -2.53. The van der Waals surface area contributed by atoms with Crippen LogP contribution in [0.15, 0.2) is 30.5 Å². The molecule has 2 bridgehead atoms. The minimum atomic E-state index is 0.0148. The number of hydrogen-bond donors (Lipinski definition) is 1. The predicted molar refractivity (Wildman–Crippen MR) is 98.4 cm³/mol. The number of nitrogens with zero attached hydrogens (tertiary/aromatic N) is 3. The highest BCUT2D eigenvalue weighted by atomic mass is 16.2. The molecule has 4 aliphatic carbocycles. The second kappa shape index (κ2) is 5.93. The molecular weight excluding hydrogens is 324 g/mol. The Morgan fingerprint density at radius 3 is 2.92 bits per heavy atom. The summed E-state index contributed by atoms with van der Waals surface area (Å²) in [6, 6.07) is 8.67. The lowest BCUT2D eigenvalue weighted by molar-refractivity contribution is -0.133. The Balaban J connectivity index is 1.34. The van der Waals surface area contributed by atoms with Gasteiger partial charge in [-0.2, -0.15) is 5.10 Å². The molecular formula is C21H26N4O. The summed E-state index contributed by atoms with van der Waals surface area (Å²) in [4.78, 5) is 17.5. The predicted octanol–water partition coefficient (Wildman–Crippen LogP) is 3.30. The van der Waals surface area contributed by atoms with Gasteiger partial charge in [0.1, 0.15) is 0 Å². The topological polar surface area (TPSA) is 59.8 Å². The first-order valence-corrected chi connectivity index (χ1v) is 9.92. The third kappa shape index (κ3) is 2.32. The van der Waals surface area contributed by atoms with Crippen molar-refractivity contribution < 1.29 is 4.79 Å². The van der Waals surface area contributed by atoms with Gasteiger partial charge < -0.3 is 5.32 Å². The quantitative estimate of drug-likeness (QED) is 0.900. The second-order valence-electron chi connectivity index (χ2n) is 8.37. The maximum atomic E-state index is 13.0. The fraction of sp³-hybridized carbons (Fsp3) is 0.571. The van der Waals surface area contributed by atoms with E-state index in [0.29, 0.717) is 18.5 Å². The van der Waals surface area contributed by atoms with E-state index >= 15 is 0 Å². The second-order valence-corrected chi connectivity index (χ2v) is 8.37. The number of carbonyl (C=O) groups excluding carboxylic acids is 1. The lowest BCUT2D eigenvalue weighted by Gasteiger charge is -2.47. The standard InChI is InChI=1S/C21H26N4O/c1-14-4-2-5-16(24-14)13-22-20(26)19-15-8-10-21(19,12-15)18-9-11-23-25(18)17-6-3-7-17/h2,4-5,9,11,15,17,19H,3,6-8,10,12-13H2,1H3,(H,22,26). The molecule has 6 rings (SSSR count). The Hall–Kier alpha value is -2.17. The molecule has 0 aliphatic heterocycles. The van der Waals surface area contributed by atoms with Gasteiger partial charge >= 0.3 is 0 Å². The van der Waals surface area contributed by atoms with E-state index in [1.807, 2.05) is 31.3 Å². The number of aryl methyl sites for hydroxylation is 1. The van der Waals surface area contributed by atoms with Crippen LogP contribution in [-0.2, 0) is 16.8 Å². The normalized spacial score (nSPS) is 29.9. The summed E-state index contributed by atoms with van der Waals surface area (Å²) >= 11 is 0. The van der Waals surface area contributed by atoms with E-state index in [9.17, 15) is 4.79 Å². The van der Waals surface area contributed by atoms with Gasteiger partial charge in [0.25, 0.3) is 0 Å². The van der Waals surface area contributed by atoms with Gasteiger partial charge in [-0.15, -0.1) is 0 Å². The number of fused-ring (bicyclic) bond motifs is 1. The van der Waals surface area contributed by atoms with Crippen LogP contribution in [0.4, 0.5) is 0 Å². The lowest BCUT2D eigenvalue weighted by atomic mass is 9.58. The first-order valence-electron chi connectivity index (χ1n) is 9.92. The minimum absolute atomic E-state index is 0.0148. The highest BCUT2D eigenvalue weighted by Crippen LogP contribution is 2.64. The van der Waals surface area contributed by atoms with E-state index in [0.717, 1.165) is 30.7 Å². The van der Waals surface area contributed by atoms with E-state index in [1.165, 1.54) is 25.0 Å². The average molecular weight is 350 g/mol. The van der Waals surface area contributed by atoms with E-state index in [1.54, 1.807) is 0 Å². The molecule has 136 valence electrons. The van der Waals surface area contributed by atoms with Crippen molar-refractivity contribution in [3.05, 3.63) is 47.5 Å². The van der Waals surface area contributed by atoms with E-state index in [-0.39, 0.29) is 17.2 Å². The van der Waals surface area contributed by atoms with Crippen LogP contribution in [0, 0.1) is 18.8 Å². The fourth-order valence-electron chi connectivity index (χ4n) is 5.45. The Labute approximate surface area is 154 Å². The van der Waals surface area contributed by atoms with Gasteiger partial charge in [-0.25, -0.2) is 0 Å². The summed E-state index contributed by atoms with van der Waals surface area (Å²) < 4.78 is 2.24. The van der Waals surface area contributed by atoms with Gasteiger partial charge in [-0.05, 0) is 69.6 Å². The zero-order chi connectivity index (χ0) is 17.7. The molecule has 26 heavy (non-hydrogen) atoms. The molecule has 1 amide bonds. The van der Waals surface area contributed by atoms with Crippen LogP contribution in [-0.4, -0.2) is 20.7 Å². The van der Waals surface area contributed by atoms with Crippen LogP contribution >= 0.6 is 0 Å². The third-order valence-electron chi connectivity index (χ3n) is 6.93. The highest BCUT2D eigenvalue weighted by Gasteiger charge is 2.64. The van der Waals surface area contributed by atoms with Gasteiger partial charge in [-0.1, -0.05) is 6.07 Å². The molecule has 2 aromatic rings. The summed E-state index contributed by atoms with van der Waals surface area (Å²) in [6.07, 6.45) is 9.11. The van der Waals surface area contributed by atoms with Crippen LogP contribution in [0.5, 0.6) is 0 Å². The van der Waals surface area contributed by atoms with Crippen molar-refractivity contribution >= 4 is 5.91 Å². The molecule has 0 spiro atoms. The molecule has 4 fully saturated rings. The summed E-state index contributed by atoms with van der Waals surface area (Å²) in [5.74, 6) is 0.830. The zero-order valence-corrected chi connectivity index (χ0v) is 15.3. The third-order valence-corrected chi connectivity index (χ3v) is 6.93. The van der Waals surface area contributed by atoms with Gasteiger partial charge in [0.05, 0.1) is 24.2 Å². The Kier molecular flexibility index (Phi) is 3.66. The number of hydrogen-bond acceptors (Lipinski definition) is 3. The van der Waals surface area contributed by atoms with Gasteiger partial charge in [0.2, 0.25) is 5.91 Å². The molecule has 2 heterocycles. The van der Waals surface area contributed by atoms with Crippen molar-refractivity contribution in [2.24, 2.45) is 11.8 Å². The van der Waals surface area contributed by atoms with Crippen molar-refractivity contribution in [1.29, 1.82) is 0 Å². The molecule has 4 aliphatic rings. The van der Waals surface area contributed by atoms with Crippen molar-refractivity contribution in [2.45, 2.75) is 63.5 Å². The summed E-state index contributed by atoms with van der Waals surface area (Å²) in [6.45, 7) is 2.50. The number of carbonyl (C=O) groups is 1. The van der Waals surface area contributed by atoms with Crippen LogP contribution in [0.3, 0.4) is 0 Å². The molecule has 0 aromatic carbocycles.